The van der Waals surface area contributed by atoms with E-state index in [1.54, 1.807) is 7.11 Å². The van der Waals surface area contributed by atoms with Crippen molar-refractivity contribution in [2.45, 2.75) is 44.1 Å². The highest BCUT2D eigenvalue weighted by atomic mass is 16.5. The molecule has 0 radical (unpaired) electrons. The summed E-state index contributed by atoms with van der Waals surface area (Å²) in [6, 6.07) is 16.5. The maximum Gasteiger partial charge on any atom is 0.231 e. The summed E-state index contributed by atoms with van der Waals surface area (Å²) in [5, 5.41) is 3.43. The molecule has 148 valence electrons. The Morgan fingerprint density at radius 3 is 2.46 bits per heavy atom. The number of methoxy groups -OCH3 is 1. The second-order valence-corrected chi connectivity index (χ2v) is 8.13. The minimum Gasteiger partial charge on any atom is -0.497 e. The molecule has 1 N–H and O–H groups in total. The van der Waals surface area contributed by atoms with E-state index in [2.05, 4.69) is 48.6 Å². The average molecular weight is 380 g/mol. The van der Waals surface area contributed by atoms with Gasteiger partial charge in [-0.15, -0.1) is 0 Å². The van der Waals surface area contributed by atoms with Crippen LogP contribution in [0.15, 0.2) is 48.5 Å². The number of carbonyl (C=O) groups excluding carboxylic acids is 1. The van der Waals surface area contributed by atoms with Crippen molar-refractivity contribution in [2.75, 3.05) is 20.3 Å². The summed E-state index contributed by atoms with van der Waals surface area (Å²) in [4.78, 5) is 13.7. The van der Waals surface area contributed by atoms with E-state index < -0.39 is 5.41 Å². The van der Waals surface area contributed by atoms with Gasteiger partial charge in [-0.1, -0.05) is 42.0 Å². The first-order chi connectivity index (χ1) is 13.6. The molecule has 2 aliphatic rings. The number of carbonyl (C=O) groups is 1. The fraction of sp³-hybridized carbons (Fsp3) is 0.458. The second kappa shape index (κ2) is 7.96. The number of amides is 1. The number of aryl methyl sites for hydroxylation is 1. The van der Waals surface area contributed by atoms with Gasteiger partial charge in [0.2, 0.25) is 5.91 Å². The van der Waals surface area contributed by atoms with Crippen LogP contribution < -0.4 is 10.1 Å². The summed E-state index contributed by atoms with van der Waals surface area (Å²) in [6.07, 6.45) is 3.78. The lowest BCUT2D eigenvalue weighted by Crippen LogP contribution is -2.49. The van der Waals surface area contributed by atoms with E-state index in [9.17, 15) is 4.79 Å². The van der Waals surface area contributed by atoms with E-state index in [0.717, 1.165) is 42.6 Å². The number of nitrogens with one attached hydrogen (secondary N) is 1. The van der Waals surface area contributed by atoms with Gasteiger partial charge >= 0.3 is 0 Å². The van der Waals surface area contributed by atoms with Crippen molar-refractivity contribution in [3.8, 4) is 5.75 Å². The zero-order chi connectivity index (χ0) is 19.6. The first kappa shape index (κ1) is 19.0. The molecule has 28 heavy (non-hydrogen) atoms. The number of hydrogen-bond acceptors (Lipinski definition) is 3. The summed E-state index contributed by atoms with van der Waals surface area (Å²) >= 11 is 0. The number of ether oxygens (including phenoxy) is 2. The molecule has 1 heterocycles. The van der Waals surface area contributed by atoms with Gasteiger partial charge in [0.05, 0.1) is 18.6 Å². The standard InChI is InChI=1S/C24H29NO3/c1-17-4-3-5-20(16-17)24(12-14-28-15-13-24)23(26)25-22(18-6-7-18)19-8-10-21(27-2)11-9-19/h3-5,8-11,16,18,22H,6-7,12-15H2,1-2H3,(H,25,26). The second-order valence-electron chi connectivity index (χ2n) is 8.13. The highest BCUT2D eigenvalue weighted by Crippen LogP contribution is 2.43. The van der Waals surface area contributed by atoms with E-state index in [4.69, 9.17) is 9.47 Å². The van der Waals surface area contributed by atoms with Crippen LogP contribution in [0.25, 0.3) is 0 Å². The topological polar surface area (TPSA) is 47.6 Å². The maximum atomic E-state index is 13.7. The van der Waals surface area contributed by atoms with Crippen molar-refractivity contribution in [1.82, 2.24) is 5.32 Å². The molecular weight excluding hydrogens is 350 g/mol. The van der Waals surface area contributed by atoms with E-state index >= 15 is 0 Å². The van der Waals surface area contributed by atoms with E-state index in [1.807, 2.05) is 12.1 Å². The molecule has 4 rings (SSSR count). The lowest BCUT2D eigenvalue weighted by atomic mass is 9.72. The fourth-order valence-electron chi connectivity index (χ4n) is 4.30. The van der Waals surface area contributed by atoms with Gasteiger partial charge in [-0.3, -0.25) is 4.79 Å². The van der Waals surface area contributed by atoms with Gasteiger partial charge in [-0.25, -0.2) is 0 Å². The fourth-order valence-corrected chi connectivity index (χ4v) is 4.30. The SMILES string of the molecule is COc1ccc(C(NC(=O)C2(c3cccc(C)c3)CCOCC2)C2CC2)cc1. The van der Waals surface area contributed by atoms with Crippen LogP contribution in [0.5, 0.6) is 5.75 Å². The highest BCUT2D eigenvalue weighted by molar-refractivity contribution is 5.89. The predicted octanol–water partition coefficient (Wildman–Crippen LogP) is 4.32. The number of hydrogen-bond donors (Lipinski definition) is 1. The van der Waals surface area contributed by atoms with Crippen LogP contribution in [-0.2, 0) is 14.9 Å². The highest BCUT2D eigenvalue weighted by Gasteiger charge is 2.44. The largest absolute Gasteiger partial charge is 0.497 e. The summed E-state index contributed by atoms with van der Waals surface area (Å²) in [5.41, 5.74) is 2.94. The molecule has 0 aromatic heterocycles. The number of benzene rings is 2. The van der Waals surface area contributed by atoms with Crippen LogP contribution in [0.4, 0.5) is 0 Å². The molecule has 0 spiro atoms. The van der Waals surface area contributed by atoms with Gasteiger partial charge < -0.3 is 14.8 Å². The molecule has 1 aliphatic carbocycles. The van der Waals surface area contributed by atoms with E-state index in [-0.39, 0.29) is 11.9 Å². The summed E-state index contributed by atoms with van der Waals surface area (Å²) in [5.74, 6) is 1.49. The Hall–Kier alpha value is -2.33. The quantitative estimate of drug-likeness (QED) is 0.813. The van der Waals surface area contributed by atoms with Crippen LogP contribution in [0, 0.1) is 12.8 Å². The van der Waals surface area contributed by atoms with E-state index in [1.165, 1.54) is 5.56 Å². The Bertz CT molecular complexity index is 820. The van der Waals surface area contributed by atoms with Crippen molar-refractivity contribution >= 4 is 5.91 Å². The Kier molecular flexibility index (Phi) is 5.40. The Morgan fingerprint density at radius 1 is 1.14 bits per heavy atom. The molecule has 2 aromatic rings. The number of rotatable bonds is 6. The van der Waals surface area contributed by atoms with Crippen LogP contribution in [0.1, 0.15) is 48.4 Å². The molecule has 0 bridgehead atoms. The molecule has 1 saturated carbocycles. The molecule has 1 unspecified atom stereocenters. The minimum absolute atomic E-state index is 0.0583. The maximum absolute atomic E-state index is 13.7. The zero-order valence-electron chi connectivity index (χ0n) is 16.7. The molecule has 1 amide bonds. The lowest BCUT2D eigenvalue weighted by Gasteiger charge is -2.38. The third-order valence-electron chi connectivity index (χ3n) is 6.21. The first-order valence-corrected chi connectivity index (χ1v) is 10.2. The molecule has 1 atom stereocenters. The third kappa shape index (κ3) is 3.79. The molecule has 1 aliphatic heterocycles. The smallest absolute Gasteiger partial charge is 0.231 e. The normalized spacial score (nSPS) is 19.6. The summed E-state index contributed by atoms with van der Waals surface area (Å²) < 4.78 is 10.9. The van der Waals surface area contributed by atoms with Gasteiger partial charge in [0.15, 0.2) is 0 Å². The molecule has 4 heteroatoms. The van der Waals surface area contributed by atoms with Crippen LogP contribution in [0.3, 0.4) is 0 Å². The first-order valence-electron chi connectivity index (χ1n) is 10.2. The van der Waals surface area contributed by atoms with Crippen molar-refractivity contribution in [3.05, 3.63) is 65.2 Å². The van der Waals surface area contributed by atoms with Crippen molar-refractivity contribution in [3.63, 3.8) is 0 Å². The molecule has 1 saturated heterocycles. The van der Waals surface area contributed by atoms with Gasteiger partial charge in [-0.05, 0) is 61.8 Å². The van der Waals surface area contributed by atoms with Gasteiger partial charge in [0.1, 0.15) is 5.75 Å². The van der Waals surface area contributed by atoms with Crippen molar-refractivity contribution in [2.24, 2.45) is 5.92 Å². The zero-order valence-corrected chi connectivity index (χ0v) is 16.7. The van der Waals surface area contributed by atoms with Crippen LogP contribution in [-0.4, -0.2) is 26.2 Å². The van der Waals surface area contributed by atoms with Gasteiger partial charge in [-0.2, -0.15) is 0 Å². The lowest BCUT2D eigenvalue weighted by molar-refractivity contribution is -0.131. The van der Waals surface area contributed by atoms with E-state index in [0.29, 0.717) is 19.1 Å². The Labute approximate surface area is 167 Å². The monoisotopic (exact) mass is 379 g/mol. The molecule has 4 nitrogen and oxygen atoms in total. The van der Waals surface area contributed by atoms with Gasteiger partial charge in [0.25, 0.3) is 0 Å². The van der Waals surface area contributed by atoms with Crippen molar-refractivity contribution < 1.29 is 14.3 Å². The molecular formula is C24H29NO3. The van der Waals surface area contributed by atoms with Crippen LogP contribution in [0.2, 0.25) is 0 Å². The third-order valence-corrected chi connectivity index (χ3v) is 6.21. The van der Waals surface area contributed by atoms with Crippen LogP contribution >= 0.6 is 0 Å². The Morgan fingerprint density at radius 2 is 1.86 bits per heavy atom. The minimum atomic E-state index is -0.510. The molecule has 2 aromatic carbocycles. The molecule has 2 fully saturated rings. The predicted molar refractivity (Wildman–Crippen MR) is 110 cm³/mol. The Balaban J connectivity index is 1.62. The van der Waals surface area contributed by atoms with Gasteiger partial charge in [0, 0.05) is 13.2 Å². The average Bonchev–Trinajstić information content (AvgIpc) is 3.57. The van der Waals surface area contributed by atoms with Crippen molar-refractivity contribution in [1.29, 1.82) is 0 Å². The summed E-state index contributed by atoms with van der Waals surface area (Å²) in [6.45, 7) is 3.33. The summed E-state index contributed by atoms with van der Waals surface area (Å²) in [7, 11) is 1.67.